The van der Waals surface area contributed by atoms with E-state index in [1.54, 1.807) is 104 Å². The van der Waals surface area contributed by atoms with E-state index in [2.05, 4.69) is 21.3 Å². The summed E-state index contributed by atoms with van der Waals surface area (Å²) in [5, 5.41) is 31.0. The number of aliphatic hydroxyl groups is 2. The molecule has 0 radical (unpaired) electrons. The van der Waals surface area contributed by atoms with Crippen LogP contribution in [-0.4, -0.2) is 57.6 Å². The summed E-state index contributed by atoms with van der Waals surface area (Å²) in [5.41, 5.74) is 1.00. The summed E-state index contributed by atoms with van der Waals surface area (Å²) in [6, 6.07) is 12.0. The molecule has 2 unspecified atom stereocenters. The van der Waals surface area contributed by atoms with Gasteiger partial charge in [-0.2, -0.15) is 0 Å². The molecule has 12 nitrogen and oxygen atoms in total. The van der Waals surface area contributed by atoms with Gasteiger partial charge < -0.3 is 30.3 Å². The Hall–Kier alpha value is -4.16. The van der Waals surface area contributed by atoms with Crippen LogP contribution in [-0.2, 0) is 19.1 Å². The molecule has 6 N–H and O–H groups in total. The Bertz CT molecular complexity index is 1140. The van der Waals surface area contributed by atoms with Gasteiger partial charge in [0.25, 0.3) is 11.8 Å². The van der Waals surface area contributed by atoms with Crippen LogP contribution < -0.4 is 21.3 Å². The molecule has 0 saturated carbocycles. The van der Waals surface area contributed by atoms with Crippen LogP contribution in [0.2, 0.25) is 0 Å². The highest BCUT2D eigenvalue weighted by Crippen LogP contribution is 2.19. The second-order valence-electron chi connectivity index (χ2n) is 11.8. The minimum absolute atomic E-state index is 0.488. The second kappa shape index (κ2) is 14.1. The minimum Gasteiger partial charge on any atom is -0.444 e. The maximum absolute atomic E-state index is 12.6. The van der Waals surface area contributed by atoms with E-state index in [1.165, 1.54) is 0 Å². The van der Waals surface area contributed by atoms with Crippen molar-refractivity contribution in [1.29, 1.82) is 0 Å². The Balaban J connectivity index is 1.89. The molecule has 0 heterocycles. The molecular weight excluding hydrogens is 544 g/mol. The summed E-state index contributed by atoms with van der Waals surface area (Å²) in [6.45, 7) is 13.8. The number of anilines is 2. The van der Waals surface area contributed by atoms with Crippen LogP contribution in [0.15, 0.2) is 48.5 Å². The molecule has 4 amide bonds. The molecule has 42 heavy (non-hydrogen) atoms. The molecule has 0 aliphatic heterocycles. The van der Waals surface area contributed by atoms with Crippen LogP contribution >= 0.6 is 0 Å². The van der Waals surface area contributed by atoms with E-state index < -0.39 is 59.5 Å². The Kier molecular flexibility index (Phi) is 11.5. The second-order valence-corrected chi connectivity index (χ2v) is 11.8. The van der Waals surface area contributed by atoms with Crippen LogP contribution in [0.4, 0.5) is 21.0 Å². The van der Waals surface area contributed by atoms with Crippen LogP contribution in [0.25, 0.3) is 0 Å². The average molecular weight is 587 g/mol. The van der Waals surface area contributed by atoms with Gasteiger partial charge in [0.2, 0.25) is 0 Å². The van der Waals surface area contributed by atoms with E-state index >= 15 is 0 Å². The highest BCUT2D eigenvalue weighted by atomic mass is 16.6. The monoisotopic (exact) mass is 586 g/mol. The SMILES string of the molecule is CC(NC(=O)[C@@H](O)[C@H](O)C(=O)NC(C)c1ccc(NC(=O)OC(C)(C)C)cc1)c1ccc(NC(=O)OC(C)(C)C)cc1. The Morgan fingerprint density at radius 2 is 0.881 bits per heavy atom. The minimum atomic E-state index is -2.02. The fourth-order valence-electron chi connectivity index (χ4n) is 3.60. The number of carbonyl (C=O) groups is 4. The van der Waals surface area contributed by atoms with Gasteiger partial charge in [0.05, 0.1) is 12.1 Å². The predicted molar refractivity (Wildman–Crippen MR) is 158 cm³/mol. The lowest BCUT2D eigenvalue weighted by atomic mass is 10.1. The lowest BCUT2D eigenvalue weighted by Crippen LogP contribution is -2.50. The fraction of sp³-hybridized carbons (Fsp3) is 0.467. The quantitative estimate of drug-likeness (QED) is 0.254. The first kappa shape index (κ1) is 34.0. The number of benzene rings is 2. The maximum Gasteiger partial charge on any atom is 0.412 e. The van der Waals surface area contributed by atoms with Crippen LogP contribution in [0.1, 0.15) is 78.6 Å². The zero-order chi connectivity index (χ0) is 31.8. The van der Waals surface area contributed by atoms with Crippen molar-refractivity contribution in [2.75, 3.05) is 10.6 Å². The van der Waals surface area contributed by atoms with Gasteiger partial charge in [-0.3, -0.25) is 20.2 Å². The van der Waals surface area contributed by atoms with Crippen molar-refractivity contribution < 1.29 is 38.9 Å². The van der Waals surface area contributed by atoms with E-state index in [9.17, 15) is 29.4 Å². The molecule has 2 rings (SSSR count). The van der Waals surface area contributed by atoms with Gasteiger partial charge in [-0.1, -0.05) is 24.3 Å². The lowest BCUT2D eigenvalue weighted by molar-refractivity contribution is -0.146. The Morgan fingerprint density at radius 1 is 0.595 bits per heavy atom. The third-order valence-corrected chi connectivity index (χ3v) is 5.67. The van der Waals surface area contributed by atoms with E-state index in [0.717, 1.165) is 0 Å². The number of nitrogens with one attached hydrogen (secondary N) is 4. The number of carbonyl (C=O) groups excluding carboxylic acids is 4. The summed E-state index contributed by atoms with van der Waals surface area (Å²) >= 11 is 0. The van der Waals surface area contributed by atoms with Crippen molar-refractivity contribution in [3.63, 3.8) is 0 Å². The maximum atomic E-state index is 12.6. The van der Waals surface area contributed by atoms with E-state index in [1.807, 2.05) is 0 Å². The van der Waals surface area contributed by atoms with E-state index in [0.29, 0.717) is 22.5 Å². The molecule has 0 spiro atoms. The standard InChI is InChI=1S/C30H42N4O8/c1-17(19-9-13-21(14-10-19)33-27(39)41-29(3,4)5)31-25(37)23(35)24(36)26(38)32-18(2)20-11-15-22(16-12-20)34-28(40)42-30(6,7)8/h9-18,23-24,35-36H,1-8H3,(H,31,37)(H,32,38)(H,33,39)(H,34,40)/t17?,18?,23-,24-/m0/s1. The first-order chi connectivity index (χ1) is 19.3. The molecule has 0 aliphatic rings. The molecule has 2 aromatic carbocycles. The number of amides is 4. The third-order valence-electron chi connectivity index (χ3n) is 5.67. The van der Waals surface area contributed by atoms with Crippen molar-refractivity contribution in [3.8, 4) is 0 Å². The van der Waals surface area contributed by atoms with Crippen molar-refractivity contribution in [2.24, 2.45) is 0 Å². The summed E-state index contributed by atoms with van der Waals surface area (Å²) < 4.78 is 10.4. The van der Waals surface area contributed by atoms with Crippen molar-refractivity contribution in [3.05, 3.63) is 59.7 Å². The number of hydrogen-bond donors (Lipinski definition) is 6. The smallest absolute Gasteiger partial charge is 0.412 e. The molecule has 2 aromatic rings. The fourth-order valence-corrected chi connectivity index (χ4v) is 3.60. The molecule has 0 saturated heterocycles. The van der Waals surface area contributed by atoms with Gasteiger partial charge in [-0.15, -0.1) is 0 Å². The molecule has 230 valence electrons. The van der Waals surface area contributed by atoms with Gasteiger partial charge >= 0.3 is 12.2 Å². The summed E-state index contributed by atoms with van der Waals surface area (Å²) in [7, 11) is 0. The summed E-state index contributed by atoms with van der Waals surface area (Å²) in [5.74, 6) is -1.88. The molecule has 0 aliphatic carbocycles. The van der Waals surface area contributed by atoms with Gasteiger partial charge in [-0.25, -0.2) is 9.59 Å². The highest BCUT2D eigenvalue weighted by molar-refractivity contribution is 5.91. The topological polar surface area (TPSA) is 175 Å². The van der Waals surface area contributed by atoms with Crippen LogP contribution in [0.5, 0.6) is 0 Å². The molecule has 0 aromatic heterocycles. The van der Waals surface area contributed by atoms with Gasteiger partial charge in [-0.05, 0) is 90.8 Å². The Morgan fingerprint density at radius 3 is 1.14 bits per heavy atom. The largest absolute Gasteiger partial charge is 0.444 e. The summed E-state index contributed by atoms with van der Waals surface area (Å²) in [4.78, 5) is 49.0. The summed E-state index contributed by atoms with van der Waals surface area (Å²) in [6.07, 6.45) is -5.25. The number of aliphatic hydroxyl groups excluding tert-OH is 2. The molecular formula is C30H42N4O8. The van der Waals surface area contributed by atoms with Gasteiger partial charge in [0, 0.05) is 11.4 Å². The number of hydrogen-bond acceptors (Lipinski definition) is 8. The Labute approximate surface area is 246 Å². The number of ether oxygens (including phenoxy) is 2. The zero-order valence-corrected chi connectivity index (χ0v) is 25.3. The number of rotatable bonds is 9. The first-order valence-electron chi connectivity index (χ1n) is 13.5. The highest BCUT2D eigenvalue weighted by Gasteiger charge is 2.32. The van der Waals surface area contributed by atoms with Crippen molar-refractivity contribution in [1.82, 2.24) is 10.6 Å². The van der Waals surface area contributed by atoms with Crippen LogP contribution in [0.3, 0.4) is 0 Å². The zero-order valence-electron chi connectivity index (χ0n) is 25.3. The van der Waals surface area contributed by atoms with E-state index in [4.69, 9.17) is 9.47 Å². The van der Waals surface area contributed by atoms with Gasteiger partial charge in [0.15, 0.2) is 12.2 Å². The lowest BCUT2D eigenvalue weighted by Gasteiger charge is -2.22. The molecule has 0 bridgehead atoms. The first-order valence-corrected chi connectivity index (χ1v) is 13.5. The molecule has 4 atom stereocenters. The molecule has 0 fully saturated rings. The van der Waals surface area contributed by atoms with Crippen LogP contribution in [0, 0.1) is 0 Å². The molecule has 12 heteroatoms. The predicted octanol–water partition coefficient (Wildman–Crippen LogP) is 4.16. The normalized spacial score (nSPS) is 14.4. The van der Waals surface area contributed by atoms with Gasteiger partial charge in [0.1, 0.15) is 11.2 Å². The van der Waals surface area contributed by atoms with E-state index in [-0.39, 0.29) is 0 Å². The van der Waals surface area contributed by atoms with Crippen molar-refractivity contribution >= 4 is 35.4 Å². The third kappa shape index (κ3) is 11.4. The van der Waals surface area contributed by atoms with Crippen molar-refractivity contribution in [2.45, 2.75) is 90.9 Å². The average Bonchev–Trinajstić information content (AvgIpc) is 2.86.